The minimum absolute atomic E-state index is 0.409. The van der Waals surface area contributed by atoms with Crippen LogP contribution in [-0.2, 0) is 20.9 Å². The van der Waals surface area contributed by atoms with Crippen molar-refractivity contribution in [2.45, 2.75) is 39.7 Å². The molecule has 0 saturated carbocycles. The highest BCUT2D eigenvalue weighted by atomic mass is 16.5. The van der Waals surface area contributed by atoms with Gasteiger partial charge in [0, 0.05) is 13.7 Å². The lowest BCUT2D eigenvalue weighted by atomic mass is 9.94. The van der Waals surface area contributed by atoms with E-state index in [4.69, 9.17) is 4.74 Å². The van der Waals surface area contributed by atoms with E-state index in [0.717, 1.165) is 25.0 Å². The second-order valence-corrected chi connectivity index (χ2v) is 6.08. The molecule has 132 valence electrons. The second kappa shape index (κ2) is 8.63. The monoisotopic (exact) mass is 334 g/mol. The van der Waals surface area contributed by atoms with Crippen LogP contribution in [0.4, 0.5) is 5.69 Å². The number of nitrogens with one attached hydrogen (secondary N) is 2. The summed E-state index contributed by atoms with van der Waals surface area (Å²) in [5.41, 5.74) is 2.08. The molecule has 24 heavy (non-hydrogen) atoms. The lowest BCUT2D eigenvalue weighted by Crippen LogP contribution is -2.38. The quantitative estimate of drug-likeness (QED) is 0.611. The maximum atomic E-state index is 12.1. The molecule has 1 heterocycles. The summed E-state index contributed by atoms with van der Waals surface area (Å²) in [5.74, 6) is -0.848. The number of methoxy groups -OCH3 is 1. The van der Waals surface area contributed by atoms with Crippen LogP contribution < -0.4 is 10.6 Å². The number of ether oxygens (including phenoxy) is 1. The molecule has 1 atom stereocenters. The maximum Gasteiger partial charge on any atom is 0.313 e. The molecule has 0 aliphatic heterocycles. The number of nitrogens with zero attached hydrogens (tertiary/aromatic N) is 2. The van der Waals surface area contributed by atoms with Crippen LogP contribution in [0.1, 0.15) is 30.7 Å². The predicted octanol–water partition coefficient (Wildman–Crippen LogP) is 1.56. The first-order valence-corrected chi connectivity index (χ1v) is 8.30. The molecule has 0 spiro atoms. The van der Waals surface area contributed by atoms with Crippen LogP contribution in [0.15, 0.2) is 12.2 Å². The van der Waals surface area contributed by atoms with Gasteiger partial charge < -0.3 is 15.4 Å². The van der Waals surface area contributed by atoms with Crippen LogP contribution in [0.3, 0.4) is 0 Å². The third-order valence-electron chi connectivity index (χ3n) is 4.26. The molecular weight excluding hydrogens is 308 g/mol. The fourth-order valence-corrected chi connectivity index (χ4v) is 2.80. The number of carbonyl (C=O) groups is 2. The molecule has 0 bridgehead atoms. The molecular formula is C17H26N4O3. The van der Waals surface area contributed by atoms with Gasteiger partial charge in [-0.05, 0) is 39.0 Å². The van der Waals surface area contributed by atoms with Gasteiger partial charge in [-0.3, -0.25) is 14.3 Å². The summed E-state index contributed by atoms with van der Waals surface area (Å²) in [4.78, 5) is 24.1. The Labute approximate surface area is 142 Å². The number of hydrogen-bond acceptors (Lipinski definition) is 4. The van der Waals surface area contributed by atoms with Crippen molar-refractivity contribution in [3.8, 4) is 0 Å². The molecule has 0 saturated heterocycles. The number of amides is 2. The second-order valence-electron chi connectivity index (χ2n) is 6.08. The smallest absolute Gasteiger partial charge is 0.313 e. The standard InChI is InChI=1S/C17H26N4O3/c1-12-15(13(2)21(20-12)9-10-24-3)19-17(23)16(22)18-11-14-7-5-4-6-8-14/h4-5,14H,6-11H2,1-3H3,(H,18,22)(H,19,23)/t14-/m1/s1. The number of aryl methyl sites for hydroxylation is 1. The topological polar surface area (TPSA) is 85.2 Å². The summed E-state index contributed by atoms with van der Waals surface area (Å²) in [6.45, 7) is 5.32. The van der Waals surface area contributed by atoms with Gasteiger partial charge in [-0.1, -0.05) is 12.2 Å². The van der Waals surface area contributed by atoms with E-state index < -0.39 is 11.8 Å². The maximum absolute atomic E-state index is 12.1. The Bertz CT molecular complexity index is 622. The van der Waals surface area contributed by atoms with Crippen molar-refractivity contribution in [2.24, 2.45) is 5.92 Å². The van der Waals surface area contributed by atoms with Gasteiger partial charge >= 0.3 is 11.8 Å². The first-order valence-electron chi connectivity index (χ1n) is 8.30. The highest BCUT2D eigenvalue weighted by Gasteiger charge is 2.20. The Morgan fingerprint density at radius 2 is 2.12 bits per heavy atom. The fraction of sp³-hybridized carbons (Fsp3) is 0.588. The lowest BCUT2D eigenvalue weighted by Gasteiger charge is -2.17. The first-order chi connectivity index (χ1) is 11.5. The van der Waals surface area contributed by atoms with Crippen molar-refractivity contribution in [3.63, 3.8) is 0 Å². The normalized spacial score (nSPS) is 16.9. The third-order valence-corrected chi connectivity index (χ3v) is 4.26. The van der Waals surface area contributed by atoms with Crippen molar-refractivity contribution in [1.29, 1.82) is 0 Å². The van der Waals surface area contributed by atoms with Crippen LogP contribution in [0.2, 0.25) is 0 Å². The zero-order chi connectivity index (χ0) is 17.5. The van der Waals surface area contributed by atoms with Crippen molar-refractivity contribution in [1.82, 2.24) is 15.1 Å². The first kappa shape index (κ1) is 18.2. The Morgan fingerprint density at radius 3 is 2.79 bits per heavy atom. The molecule has 1 aliphatic rings. The molecule has 1 aliphatic carbocycles. The van der Waals surface area contributed by atoms with Crippen molar-refractivity contribution in [3.05, 3.63) is 23.5 Å². The van der Waals surface area contributed by atoms with E-state index in [9.17, 15) is 9.59 Å². The van der Waals surface area contributed by atoms with E-state index in [0.29, 0.717) is 37.0 Å². The van der Waals surface area contributed by atoms with E-state index in [2.05, 4.69) is 27.9 Å². The average Bonchev–Trinajstić information content (AvgIpc) is 2.86. The Kier molecular flexibility index (Phi) is 6.54. The molecule has 7 heteroatoms. The summed E-state index contributed by atoms with van der Waals surface area (Å²) in [5, 5.41) is 9.76. The van der Waals surface area contributed by atoms with E-state index in [-0.39, 0.29) is 0 Å². The van der Waals surface area contributed by atoms with Gasteiger partial charge in [-0.2, -0.15) is 5.10 Å². The molecule has 0 aromatic carbocycles. The highest BCUT2D eigenvalue weighted by molar-refractivity contribution is 6.39. The number of anilines is 1. The minimum atomic E-state index is -0.654. The van der Waals surface area contributed by atoms with Gasteiger partial charge in [-0.25, -0.2) is 0 Å². The zero-order valence-electron chi connectivity index (χ0n) is 14.6. The fourth-order valence-electron chi connectivity index (χ4n) is 2.80. The van der Waals surface area contributed by atoms with E-state index in [1.807, 2.05) is 6.92 Å². The van der Waals surface area contributed by atoms with Crippen molar-refractivity contribution < 1.29 is 14.3 Å². The Balaban J connectivity index is 1.90. The Hall–Kier alpha value is -2.15. The predicted molar refractivity (Wildman–Crippen MR) is 91.7 cm³/mol. The molecule has 2 N–H and O–H groups in total. The van der Waals surface area contributed by atoms with Crippen LogP contribution in [0, 0.1) is 19.8 Å². The van der Waals surface area contributed by atoms with Crippen LogP contribution in [-0.4, -0.2) is 41.9 Å². The summed E-state index contributed by atoms with van der Waals surface area (Å²) >= 11 is 0. The van der Waals surface area contributed by atoms with Gasteiger partial charge in [0.25, 0.3) is 0 Å². The number of allylic oxidation sites excluding steroid dienone is 2. The van der Waals surface area contributed by atoms with Gasteiger partial charge in [0.15, 0.2) is 0 Å². The summed E-state index contributed by atoms with van der Waals surface area (Å²) < 4.78 is 6.81. The zero-order valence-corrected chi connectivity index (χ0v) is 14.6. The highest BCUT2D eigenvalue weighted by Crippen LogP contribution is 2.19. The minimum Gasteiger partial charge on any atom is -0.383 e. The number of rotatable bonds is 6. The van der Waals surface area contributed by atoms with Gasteiger partial charge in [-0.15, -0.1) is 0 Å². The summed E-state index contributed by atoms with van der Waals surface area (Å²) in [6, 6.07) is 0. The van der Waals surface area contributed by atoms with Crippen molar-refractivity contribution in [2.75, 3.05) is 25.6 Å². The molecule has 1 aromatic rings. The molecule has 2 rings (SSSR count). The third kappa shape index (κ3) is 4.67. The molecule has 7 nitrogen and oxygen atoms in total. The molecule has 1 aromatic heterocycles. The van der Waals surface area contributed by atoms with Crippen LogP contribution >= 0.6 is 0 Å². The summed E-state index contributed by atoms with van der Waals surface area (Å²) in [6.07, 6.45) is 7.31. The van der Waals surface area contributed by atoms with Crippen LogP contribution in [0.5, 0.6) is 0 Å². The van der Waals surface area contributed by atoms with Gasteiger partial charge in [0.1, 0.15) is 0 Å². The lowest BCUT2D eigenvalue weighted by molar-refractivity contribution is -0.136. The number of carbonyl (C=O) groups excluding carboxylic acids is 2. The number of aromatic nitrogens is 2. The molecule has 0 unspecified atom stereocenters. The Morgan fingerprint density at radius 1 is 1.33 bits per heavy atom. The largest absolute Gasteiger partial charge is 0.383 e. The van der Waals surface area contributed by atoms with E-state index >= 15 is 0 Å². The van der Waals surface area contributed by atoms with Gasteiger partial charge in [0.2, 0.25) is 0 Å². The summed E-state index contributed by atoms with van der Waals surface area (Å²) in [7, 11) is 1.63. The molecule has 2 amide bonds. The van der Waals surface area contributed by atoms with E-state index in [1.165, 1.54) is 0 Å². The molecule has 0 fully saturated rings. The average molecular weight is 334 g/mol. The SMILES string of the molecule is COCCn1nc(C)c(NC(=O)C(=O)NC[C@@H]2CC=CCC2)c1C. The van der Waals surface area contributed by atoms with Crippen LogP contribution in [0.25, 0.3) is 0 Å². The number of hydrogen-bond donors (Lipinski definition) is 2. The van der Waals surface area contributed by atoms with E-state index in [1.54, 1.807) is 18.7 Å². The van der Waals surface area contributed by atoms with Gasteiger partial charge in [0.05, 0.1) is 30.2 Å². The molecule has 0 radical (unpaired) electrons. The van der Waals surface area contributed by atoms with Crippen molar-refractivity contribution >= 4 is 17.5 Å².